The minimum absolute atomic E-state index is 0.246. The third kappa shape index (κ3) is 4.13. The van der Waals surface area contributed by atoms with Crippen molar-refractivity contribution in [2.24, 2.45) is 0 Å². The zero-order valence-electron chi connectivity index (χ0n) is 13.6. The predicted octanol–water partition coefficient (Wildman–Crippen LogP) is 2.84. The Balaban J connectivity index is 2.31. The van der Waals surface area contributed by atoms with E-state index in [0.29, 0.717) is 35.5 Å². The molecule has 0 aliphatic heterocycles. The number of nitrogen functional groups attached to an aromatic ring is 1. The maximum Gasteiger partial charge on any atom is 0.251 e. The van der Waals surface area contributed by atoms with Crippen LogP contribution in [0.4, 0.5) is 5.69 Å². The molecule has 2 aromatic rings. The lowest BCUT2D eigenvalue weighted by Crippen LogP contribution is -2.27. The van der Waals surface area contributed by atoms with E-state index in [1.165, 1.54) is 6.07 Å². The Bertz CT molecular complexity index is 775. The number of hydrogen-bond donors (Lipinski definition) is 2. The number of ether oxygens (including phenoxy) is 1. The van der Waals surface area contributed by atoms with Crippen LogP contribution in [-0.4, -0.2) is 32.0 Å². The van der Waals surface area contributed by atoms with Crippen LogP contribution >= 0.6 is 11.6 Å². The number of hydrogen-bond acceptors (Lipinski definition) is 4. The van der Waals surface area contributed by atoms with E-state index in [0.717, 1.165) is 5.56 Å². The van der Waals surface area contributed by atoms with Crippen molar-refractivity contribution in [3.05, 3.63) is 63.7 Å². The second-order valence-corrected chi connectivity index (χ2v) is 5.75. The molecule has 0 radical (unpaired) electrons. The van der Waals surface area contributed by atoms with Crippen LogP contribution in [0.1, 0.15) is 31.8 Å². The minimum atomic E-state index is -0.260. The molecule has 2 aromatic carbocycles. The molecule has 0 aromatic heterocycles. The molecule has 0 heterocycles. The van der Waals surface area contributed by atoms with Gasteiger partial charge in [0, 0.05) is 36.0 Å². The highest BCUT2D eigenvalue weighted by atomic mass is 35.5. The second-order valence-electron chi connectivity index (χ2n) is 5.35. The molecule has 0 atom stereocenters. The van der Waals surface area contributed by atoms with Crippen LogP contribution in [0.15, 0.2) is 36.4 Å². The fourth-order valence-corrected chi connectivity index (χ4v) is 2.51. The van der Waals surface area contributed by atoms with Gasteiger partial charge in [0.2, 0.25) is 0 Å². The average Bonchev–Trinajstić information content (AvgIpc) is 2.55. The van der Waals surface area contributed by atoms with Crippen LogP contribution < -0.4 is 11.1 Å². The van der Waals surface area contributed by atoms with E-state index in [4.69, 9.17) is 22.1 Å². The first-order valence-corrected chi connectivity index (χ1v) is 7.79. The van der Waals surface area contributed by atoms with Gasteiger partial charge in [-0.05, 0) is 42.8 Å². The minimum Gasteiger partial charge on any atom is -0.399 e. The summed E-state index contributed by atoms with van der Waals surface area (Å²) in [6.45, 7) is 2.63. The summed E-state index contributed by atoms with van der Waals surface area (Å²) >= 11 is 6.12. The van der Waals surface area contributed by atoms with Gasteiger partial charge in [0.25, 0.3) is 5.91 Å². The van der Waals surface area contributed by atoms with Gasteiger partial charge in [-0.15, -0.1) is 0 Å². The predicted molar refractivity (Wildman–Crippen MR) is 94.7 cm³/mol. The topological polar surface area (TPSA) is 81.4 Å². The molecule has 126 valence electrons. The van der Waals surface area contributed by atoms with Crippen molar-refractivity contribution < 1.29 is 14.3 Å². The SMILES string of the molecule is COCCNC(=O)c1ccc(C)c(C(=O)c2ccc(N)cc2Cl)c1. The molecule has 24 heavy (non-hydrogen) atoms. The number of halogens is 1. The molecule has 0 spiro atoms. The van der Waals surface area contributed by atoms with Crippen LogP contribution in [0, 0.1) is 6.92 Å². The van der Waals surface area contributed by atoms with E-state index in [-0.39, 0.29) is 16.7 Å². The first-order valence-electron chi connectivity index (χ1n) is 7.41. The molecule has 0 unspecified atom stereocenters. The number of aryl methyl sites for hydroxylation is 1. The van der Waals surface area contributed by atoms with Crippen LogP contribution in [0.2, 0.25) is 5.02 Å². The molecule has 2 rings (SSSR count). The van der Waals surface area contributed by atoms with E-state index in [2.05, 4.69) is 5.32 Å². The molecule has 5 nitrogen and oxygen atoms in total. The van der Waals surface area contributed by atoms with E-state index >= 15 is 0 Å². The smallest absolute Gasteiger partial charge is 0.251 e. The third-order valence-corrected chi connectivity index (χ3v) is 3.89. The highest BCUT2D eigenvalue weighted by molar-refractivity contribution is 6.35. The number of benzene rings is 2. The fraction of sp³-hybridized carbons (Fsp3) is 0.222. The van der Waals surface area contributed by atoms with Crippen LogP contribution in [-0.2, 0) is 4.74 Å². The summed E-state index contributed by atoms with van der Waals surface area (Å²) in [7, 11) is 1.56. The molecule has 0 aliphatic carbocycles. The van der Waals surface area contributed by atoms with Crippen molar-refractivity contribution in [3.8, 4) is 0 Å². The number of nitrogens with two attached hydrogens (primary N) is 1. The molecule has 0 fully saturated rings. The van der Waals surface area contributed by atoms with Gasteiger partial charge in [-0.25, -0.2) is 0 Å². The van der Waals surface area contributed by atoms with Crippen molar-refractivity contribution in [3.63, 3.8) is 0 Å². The van der Waals surface area contributed by atoms with E-state index < -0.39 is 0 Å². The molecule has 0 aliphatic rings. The van der Waals surface area contributed by atoms with Gasteiger partial charge in [0.1, 0.15) is 0 Å². The molecule has 3 N–H and O–H groups in total. The number of methoxy groups -OCH3 is 1. The van der Waals surface area contributed by atoms with Gasteiger partial charge >= 0.3 is 0 Å². The summed E-state index contributed by atoms with van der Waals surface area (Å²) in [6, 6.07) is 9.74. The Hall–Kier alpha value is -2.37. The number of rotatable bonds is 6. The second kappa shape index (κ2) is 7.95. The Labute approximate surface area is 145 Å². The first kappa shape index (κ1) is 18.0. The quantitative estimate of drug-likeness (QED) is 0.478. The van der Waals surface area contributed by atoms with Crippen LogP contribution in [0.25, 0.3) is 0 Å². The molecule has 6 heteroatoms. The summed E-state index contributed by atoms with van der Waals surface area (Å²) in [5.41, 5.74) is 8.10. The van der Waals surface area contributed by atoms with Gasteiger partial charge in [0.05, 0.1) is 11.6 Å². The van der Waals surface area contributed by atoms with Crippen molar-refractivity contribution >= 4 is 29.0 Å². The summed E-state index contributed by atoms with van der Waals surface area (Å²) in [6.07, 6.45) is 0. The monoisotopic (exact) mass is 346 g/mol. The lowest BCUT2D eigenvalue weighted by molar-refractivity contribution is 0.0937. The maximum absolute atomic E-state index is 12.8. The van der Waals surface area contributed by atoms with Crippen molar-refractivity contribution in [2.45, 2.75) is 6.92 Å². The lowest BCUT2D eigenvalue weighted by atomic mass is 9.96. The molecule has 0 saturated carbocycles. The Morgan fingerprint density at radius 3 is 2.58 bits per heavy atom. The Morgan fingerprint density at radius 1 is 1.17 bits per heavy atom. The summed E-state index contributed by atoms with van der Waals surface area (Å²) < 4.78 is 4.90. The van der Waals surface area contributed by atoms with Gasteiger partial charge in [-0.3, -0.25) is 9.59 Å². The normalized spacial score (nSPS) is 10.5. The third-order valence-electron chi connectivity index (χ3n) is 3.57. The highest BCUT2D eigenvalue weighted by Crippen LogP contribution is 2.24. The fourth-order valence-electron chi connectivity index (χ4n) is 2.24. The van der Waals surface area contributed by atoms with E-state index in [1.54, 1.807) is 37.4 Å². The van der Waals surface area contributed by atoms with Gasteiger partial charge in [-0.2, -0.15) is 0 Å². The number of carbonyl (C=O) groups is 2. The number of anilines is 1. The zero-order chi connectivity index (χ0) is 17.7. The van der Waals surface area contributed by atoms with Gasteiger partial charge in [-0.1, -0.05) is 17.7 Å². The number of ketones is 1. The number of nitrogens with one attached hydrogen (secondary N) is 1. The van der Waals surface area contributed by atoms with E-state index in [9.17, 15) is 9.59 Å². The zero-order valence-corrected chi connectivity index (χ0v) is 14.3. The first-order chi connectivity index (χ1) is 11.4. The molecular weight excluding hydrogens is 328 g/mol. The Morgan fingerprint density at radius 2 is 1.92 bits per heavy atom. The van der Waals surface area contributed by atoms with Crippen molar-refractivity contribution in [1.29, 1.82) is 0 Å². The van der Waals surface area contributed by atoms with Crippen molar-refractivity contribution in [1.82, 2.24) is 5.32 Å². The summed E-state index contributed by atoms with van der Waals surface area (Å²) in [4.78, 5) is 24.9. The molecule has 1 amide bonds. The number of amides is 1. The van der Waals surface area contributed by atoms with Gasteiger partial charge < -0.3 is 15.8 Å². The lowest BCUT2D eigenvalue weighted by Gasteiger charge is -2.10. The summed E-state index contributed by atoms with van der Waals surface area (Å²) in [5.74, 6) is -0.506. The number of carbonyl (C=O) groups excluding carboxylic acids is 2. The average molecular weight is 347 g/mol. The molecule has 0 saturated heterocycles. The maximum atomic E-state index is 12.8. The summed E-state index contributed by atoms with van der Waals surface area (Å²) in [5, 5.41) is 3.01. The molecular formula is C18H19ClN2O3. The standard InChI is InChI=1S/C18H19ClN2O3/c1-11-3-4-12(18(23)21-7-8-24-2)9-15(11)17(22)14-6-5-13(20)10-16(14)19/h3-6,9-10H,7-8,20H2,1-2H3,(H,21,23). The Kier molecular flexibility index (Phi) is 5.95. The van der Waals surface area contributed by atoms with Crippen LogP contribution in [0.3, 0.4) is 0 Å². The van der Waals surface area contributed by atoms with Gasteiger partial charge in [0.15, 0.2) is 5.78 Å². The largest absolute Gasteiger partial charge is 0.399 e. The highest BCUT2D eigenvalue weighted by Gasteiger charge is 2.17. The van der Waals surface area contributed by atoms with Crippen molar-refractivity contribution in [2.75, 3.05) is 26.0 Å². The van der Waals surface area contributed by atoms with Crippen LogP contribution in [0.5, 0.6) is 0 Å². The van der Waals surface area contributed by atoms with E-state index in [1.807, 2.05) is 6.92 Å². The molecule has 0 bridgehead atoms.